The van der Waals surface area contributed by atoms with Gasteiger partial charge >= 0.3 is 0 Å². The van der Waals surface area contributed by atoms with Crippen LogP contribution in [0.25, 0.3) is 0 Å². The maximum absolute atomic E-state index is 4.23. The van der Waals surface area contributed by atoms with E-state index in [4.69, 9.17) is 0 Å². The van der Waals surface area contributed by atoms with Gasteiger partial charge in [0.25, 0.3) is 0 Å². The van der Waals surface area contributed by atoms with Crippen LogP contribution in [-0.4, -0.2) is 41.3 Å². The average molecular weight is 250 g/mol. The highest BCUT2D eigenvalue weighted by molar-refractivity contribution is 5.07. The molecule has 4 heteroatoms. The van der Waals surface area contributed by atoms with Crippen molar-refractivity contribution in [2.24, 2.45) is 0 Å². The lowest BCUT2D eigenvalue weighted by Crippen LogP contribution is -2.32. The molecule has 1 aliphatic rings. The number of hydrogen-bond donors (Lipinski definition) is 2. The van der Waals surface area contributed by atoms with E-state index in [9.17, 15) is 0 Å². The first-order valence-electron chi connectivity index (χ1n) is 7.34. The highest BCUT2D eigenvalue weighted by atomic mass is 15.1. The van der Waals surface area contributed by atoms with E-state index in [1.54, 1.807) is 0 Å². The number of H-pyrrole nitrogens is 1. The van der Waals surface area contributed by atoms with E-state index in [0.29, 0.717) is 0 Å². The van der Waals surface area contributed by atoms with Gasteiger partial charge in [-0.25, -0.2) is 0 Å². The minimum atomic E-state index is 0.910. The average Bonchev–Trinajstić information content (AvgIpc) is 2.87. The van der Waals surface area contributed by atoms with Gasteiger partial charge < -0.3 is 10.2 Å². The van der Waals surface area contributed by atoms with Gasteiger partial charge in [-0.2, -0.15) is 5.10 Å². The topological polar surface area (TPSA) is 44.0 Å². The van der Waals surface area contributed by atoms with Crippen molar-refractivity contribution in [3.8, 4) is 0 Å². The number of aryl methyl sites for hydroxylation is 1. The second-order valence-electron chi connectivity index (χ2n) is 5.17. The quantitative estimate of drug-likeness (QED) is 0.727. The summed E-state index contributed by atoms with van der Waals surface area (Å²) in [4.78, 5) is 2.59. The number of aromatic amines is 1. The van der Waals surface area contributed by atoms with Crippen LogP contribution in [0.4, 0.5) is 0 Å². The van der Waals surface area contributed by atoms with Gasteiger partial charge in [0, 0.05) is 12.2 Å². The predicted molar refractivity (Wildman–Crippen MR) is 74.6 cm³/mol. The second-order valence-corrected chi connectivity index (χ2v) is 5.17. The molecule has 1 fully saturated rings. The number of nitrogens with zero attached hydrogens (tertiary/aromatic N) is 2. The van der Waals surface area contributed by atoms with E-state index < -0.39 is 0 Å². The third-order valence-electron chi connectivity index (χ3n) is 3.64. The Morgan fingerprint density at radius 3 is 2.89 bits per heavy atom. The van der Waals surface area contributed by atoms with Crippen molar-refractivity contribution >= 4 is 0 Å². The Labute approximate surface area is 110 Å². The van der Waals surface area contributed by atoms with Crippen molar-refractivity contribution in [3.05, 3.63) is 17.5 Å². The minimum Gasteiger partial charge on any atom is -0.311 e. The maximum atomic E-state index is 4.23. The van der Waals surface area contributed by atoms with Gasteiger partial charge in [-0.05, 0) is 57.9 Å². The lowest BCUT2D eigenvalue weighted by Gasteiger charge is -2.26. The molecule has 0 spiro atoms. The summed E-state index contributed by atoms with van der Waals surface area (Å²) in [7, 11) is 0. The Kier molecular flexibility index (Phi) is 5.68. The maximum Gasteiger partial charge on any atom is 0.0622 e. The summed E-state index contributed by atoms with van der Waals surface area (Å²) >= 11 is 0. The molecule has 2 rings (SSSR count). The van der Waals surface area contributed by atoms with Crippen LogP contribution >= 0.6 is 0 Å². The van der Waals surface area contributed by atoms with E-state index in [0.717, 1.165) is 25.2 Å². The summed E-state index contributed by atoms with van der Waals surface area (Å²) in [6.45, 7) is 7.99. The minimum absolute atomic E-state index is 0.910. The van der Waals surface area contributed by atoms with Crippen LogP contribution in [0.3, 0.4) is 0 Å². The Morgan fingerprint density at radius 1 is 1.33 bits per heavy atom. The molecule has 2 N–H and O–H groups in total. The van der Waals surface area contributed by atoms with E-state index >= 15 is 0 Å². The Bertz CT molecular complexity index is 328. The molecule has 2 heterocycles. The molecule has 102 valence electrons. The van der Waals surface area contributed by atoms with Crippen LogP contribution < -0.4 is 5.32 Å². The van der Waals surface area contributed by atoms with E-state index in [1.165, 1.54) is 51.0 Å². The van der Waals surface area contributed by atoms with Gasteiger partial charge in [0.05, 0.1) is 5.69 Å². The van der Waals surface area contributed by atoms with Crippen LogP contribution in [0.5, 0.6) is 0 Å². The molecule has 4 nitrogen and oxygen atoms in total. The highest BCUT2D eigenvalue weighted by Crippen LogP contribution is 2.08. The zero-order valence-corrected chi connectivity index (χ0v) is 11.5. The largest absolute Gasteiger partial charge is 0.311 e. The molecule has 0 saturated carbocycles. The second kappa shape index (κ2) is 7.54. The first kappa shape index (κ1) is 13.6. The monoisotopic (exact) mass is 250 g/mol. The molecule has 0 atom stereocenters. The highest BCUT2D eigenvalue weighted by Gasteiger charge is 2.08. The zero-order valence-electron chi connectivity index (χ0n) is 11.5. The van der Waals surface area contributed by atoms with Gasteiger partial charge in [-0.15, -0.1) is 0 Å². The molecule has 0 radical (unpaired) electrons. The van der Waals surface area contributed by atoms with Crippen LogP contribution in [0.1, 0.15) is 44.0 Å². The van der Waals surface area contributed by atoms with Crippen LogP contribution in [0.15, 0.2) is 6.07 Å². The smallest absolute Gasteiger partial charge is 0.0622 e. The zero-order chi connectivity index (χ0) is 12.6. The fourth-order valence-corrected chi connectivity index (χ4v) is 2.51. The summed E-state index contributed by atoms with van der Waals surface area (Å²) in [5, 5.41) is 10.8. The van der Waals surface area contributed by atoms with E-state index in [-0.39, 0.29) is 0 Å². The van der Waals surface area contributed by atoms with Crippen molar-refractivity contribution in [1.82, 2.24) is 20.4 Å². The summed E-state index contributed by atoms with van der Waals surface area (Å²) in [5.41, 5.74) is 2.35. The van der Waals surface area contributed by atoms with Gasteiger partial charge in [0.15, 0.2) is 0 Å². The number of nitrogens with one attached hydrogen (secondary N) is 2. The molecule has 0 bridgehead atoms. The lowest BCUT2D eigenvalue weighted by atomic mass is 10.1. The Hall–Kier alpha value is -0.870. The van der Waals surface area contributed by atoms with E-state index in [2.05, 4.69) is 33.4 Å². The van der Waals surface area contributed by atoms with Gasteiger partial charge in [0.1, 0.15) is 0 Å². The van der Waals surface area contributed by atoms with Crippen molar-refractivity contribution in [3.63, 3.8) is 0 Å². The third kappa shape index (κ3) is 4.42. The molecule has 18 heavy (non-hydrogen) atoms. The standard InChI is InChI=1S/C14H26N4/c1-2-13-11-14(17-16-13)12-15-7-6-10-18-8-4-3-5-9-18/h11,15H,2-10,12H2,1H3,(H,16,17). The Balaban J connectivity index is 1.52. The molecular weight excluding hydrogens is 224 g/mol. The summed E-state index contributed by atoms with van der Waals surface area (Å²) in [6, 6.07) is 2.15. The van der Waals surface area contributed by atoms with Gasteiger partial charge in [0.2, 0.25) is 0 Å². The van der Waals surface area contributed by atoms with Gasteiger partial charge in [-0.1, -0.05) is 13.3 Å². The van der Waals surface area contributed by atoms with E-state index in [1.807, 2.05) is 0 Å². The van der Waals surface area contributed by atoms with Crippen LogP contribution in [-0.2, 0) is 13.0 Å². The summed E-state index contributed by atoms with van der Waals surface area (Å²) in [5.74, 6) is 0. The van der Waals surface area contributed by atoms with Crippen molar-refractivity contribution in [1.29, 1.82) is 0 Å². The number of hydrogen-bond acceptors (Lipinski definition) is 3. The number of rotatable bonds is 7. The first-order chi connectivity index (χ1) is 8.88. The predicted octanol–water partition coefficient (Wildman–Crippen LogP) is 1.94. The number of aromatic nitrogens is 2. The molecule has 0 aromatic carbocycles. The Morgan fingerprint density at radius 2 is 2.17 bits per heavy atom. The molecular formula is C14H26N4. The van der Waals surface area contributed by atoms with Crippen molar-refractivity contribution in [2.45, 2.75) is 45.6 Å². The molecule has 0 aliphatic carbocycles. The first-order valence-corrected chi connectivity index (χ1v) is 7.34. The summed E-state index contributed by atoms with van der Waals surface area (Å²) < 4.78 is 0. The third-order valence-corrected chi connectivity index (χ3v) is 3.64. The summed E-state index contributed by atoms with van der Waals surface area (Å²) in [6.07, 6.45) is 6.46. The normalized spacial score (nSPS) is 17.2. The molecule has 1 aromatic heterocycles. The fourth-order valence-electron chi connectivity index (χ4n) is 2.51. The molecule has 0 unspecified atom stereocenters. The molecule has 0 amide bonds. The molecule has 1 saturated heterocycles. The number of piperidine rings is 1. The number of likely N-dealkylation sites (tertiary alicyclic amines) is 1. The molecule has 1 aliphatic heterocycles. The van der Waals surface area contributed by atoms with Crippen LogP contribution in [0.2, 0.25) is 0 Å². The SMILES string of the molecule is CCc1cc(CNCCCN2CCCCC2)[nH]n1. The van der Waals surface area contributed by atoms with Crippen molar-refractivity contribution < 1.29 is 0 Å². The van der Waals surface area contributed by atoms with Gasteiger partial charge in [-0.3, -0.25) is 5.10 Å². The van der Waals surface area contributed by atoms with Crippen LogP contribution in [0, 0.1) is 0 Å². The fraction of sp³-hybridized carbons (Fsp3) is 0.786. The van der Waals surface area contributed by atoms with Crippen molar-refractivity contribution in [2.75, 3.05) is 26.2 Å². The lowest BCUT2D eigenvalue weighted by molar-refractivity contribution is 0.225. The molecule has 1 aromatic rings.